The molecule has 1 aliphatic rings. The van der Waals surface area contributed by atoms with E-state index in [4.69, 9.17) is 5.73 Å². The first kappa shape index (κ1) is 13.5. The molecule has 1 unspecified atom stereocenters. The van der Waals surface area contributed by atoms with Crippen LogP contribution in [0.2, 0.25) is 0 Å². The molecule has 94 valence electrons. The SMILES string of the molecule is CC(C)C[C@H](N)C(=O)NCC1CCCCN1. The van der Waals surface area contributed by atoms with Gasteiger partial charge < -0.3 is 16.4 Å². The number of nitrogens with one attached hydrogen (secondary N) is 2. The molecule has 0 aromatic heterocycles. The van der Waals surface area contributed by atoms with E-state index in [-0.39, 0.29) is 11.9 Å². The molecule has 1 rings (SSSR count). The van der Waals surface area contributed by atoms with Crippen molar-refractivity contribution in [2.24, 2.45) is 11.7 Å². The predicted octanol–water partition coefficient (Wildman–Crippen LogP) is 0.618. The molecule has 0 radical (unpaired) electrons. The number of hydrogen-bond donors (Lipinski definition) is 3. The fourth-order valence-electron chi connectivity index (χ4n) is 2.07. The van der Waals surface area contributed by atoms with E-state index in [1.807, 2.05) is 0 Å². The van der Waals surface area contributed by atoms with Crippen LogP contribution in [-0.2, 0) is 4.79 Å². The van der Waals surface area contributed by atoms with Crippen LogP contribution in [0.15, 0.2) is 0 Å². The maximum atomic E-state index is 11.7. The first-order valence-corrected chi connectivity index (χ1v) is 6.36. The summed E-state index contributed by atoms with van der Waals surface area (Å²) in [6.07, 6.45) is 4.41. The maximum absolute atomic E-state index is 11.7. The van der Waals surface area contributed by atoms with Crippen LogP contribution in [0.25, 0.3) is 0 Å². The van der Waals surface area contributed by atoms with Gasteiger partial charge >= 0.3 is 0 Å². The van der Waals surface area contributed by atoms with Crippen LogP contribution in [0.3, 0.4) is 0 Å². The van der Waals surface area contributed by atoms with Gasteiger partial charge in [-0.1, -0.05) is 20.3 Å². The highest BCUT2D eigenvalue weighted by Crippen LogP contribution is 2.06. The molecular weight excluding hydrogens is 202 g/mol. The van der Waals surface area contributed by atoms with Gasteiger partial charge in [-0.3, -0.25) is 4.79 Å². The van der Waals surface area contributed by atoms with E-state index in [0.717, 1.165) is 19.4 Å². The molecule has 1 aliphatic heterocycles. The second-order valence-corrected chi connectivity index (χ2v) is 5.13. The summed E-state index contributed by atoms with van der Waals surface area (Å²) in [5.41, 5.74) is 5.80. The third kappa shape index (κ3) is 4.94. The highest BCUT2D eigenvalue weighted by atomic mass is 16.2. The number of piperidine rings is 1. The van der Waals surface area contributed by atoms with Crippen LogP contribution in [-0.4, -0.2) is 31.1 Å². The lowest BCUT2D eigenvalue weighted by molar-refractivity contribution is -0.122. The van der Waals surface area contributed by atoms with Gasteiger partial charge in [-0.25, -0.2) is 0 Å². The summed E-state index contributed by atoms with van der Waals surface area (Å²) in [5.74, 6) is 0.453. The minimum atomic E-state index is -0.358. The van der Waals surface area contributed by atoms with Crippen molar-refractivity contribution >= 4 is 5.91 Å². The zero-order chi connectivity index (χ0) is 12.0. The van der Waals surface area contributed by atoms with Gasteiger partial charge in [0.2, 0.25) is 5.91 Å². The average molecular weight is 227 g/mol. The average Bonchev–Trinajstić information content (AvgIpc) is 2.26. The van der Waals surface area contributed by atoms with Gasteiger partial charge in [0.15, 0.2) is 0 Å². The lowest BCUT2D eigenvalue weighted by Gasteiger charge is -2.24. The molecular formula is C12H25N3O. The van der Waals surface area contributed by atoms with Gasteiger partial charge in [-0.2, -0.15) is 0 Å². The first-order chi connectivity index (χ1) is 7.59. The van der Waals surface area contributed by atoms with Gasteiger partial charge in [0, 0.05) is 12.6 Å². The molecule has 1 amide bonds. The molecule has 1 heterocycles. The number of rotatable bonds is 5. The zero-order valence-electron chi connectivity index (χ0n) is 10.5. The van der Waals surface area contributed by atoms with Crippen LogP contribution in [0, 0.1) is 5.92 Å². The summed E-state index contributed by atoms with van der Waals surface area (Å²) in [5, 5.41) is 6.33. The van der Waals surface area contributed by atoms with E-state index >= 15 is 0 Å². The van der Waals surface area contributed by atoms with E-state index < -0.39 is 0 Å². The minimum absolute atomic E-state index is 0.0129. The topological polar surface area (TPSA) is 67.2 Å². The highest BCUT2D eigenvalue weighted by Gasteiger charge is 2.17. The molecule has 0 bridgehead atoms. The Morgan fingerprint density at radius 2 is 2.25 bits per heavy atom. The van der Waals surface area contributed by atoms with E-state index in [1.54, 1.807) is 0 Å². The minimum Gasteiger partial charge on any atom is -0.353 e. The number of nitrogens with two attached hydrogens (primary N) is 1. The Hall–Kier alpha value is -0.610. The second-order valence-electron chi connectivity index (χ2n) is 5.13. The van der Waals surface area contributed by atoms with Gasteiger partial charge in [0.05, 0.1) is 6.04 Å². The molecule has 2 atom stereocenters. The Labute approximate surface area is 98.3 Å². The van der Waals surface area contributed by atoms with Crippen molar-refractivity contribution in [3.05, 3.63) is 0 Å². The molecule has 0 spiro atoms. The van der Waals surface area contributed by atoms with Crippen molar-refractivity contribution in [3.8, 4) is 0 Å². The molecule has 4 N–H and O–H groups in total. The van der Waals surface area contributed by atoms with Crippen LogP contribution in [0.5, 0.6) is 0 Å². The van der Waals surface area contributed by atoms with E-state index in [9.17, 15) is 4.79 Å². The number of hydrogen-bond acceptors (Lipinski definition) is 3. The van der Waals surface area contributed by atoms with E-state index in [0.29, 0.717) is 18.5 Å². The molecule has 16 heavy (non-hydrogen) atoms. The molecule has 0 aliphatic carbocycles. The summed E-state index contributed by atoms with van der Waals surface area (Å²) < 4.78 is 0. The Morgan fingerprint density at radius 1 is 1.50 bits per heavy atom. The molecule has 1 fully saturated rings. The Kier molecular flexibility index (Phi) is 5.77. The largest absolute Gasteiger partial charge is 0.353 e. The fraction of sp³-hybridized carbons (Fsp3) is 0.917. The third-order valence-corrected chi connectivity index (χ3v) is 3.00. The van der Waals surface area contributed by atoms with Gasteiger partial charge in [0.1, 0.15) is 0 Å². The summed E-state index contributed by atoms with van der Waals surface area (Å²) in [6, 6.07) is 0.0764. The standard InChI is InChI=1S/C12H25N3O/c1-9(2)7-11(13)12(16)15-8-10-5-3-4-6-14-10/h9-11,14H,3-8,13H2,1-2H3,(H,15,16)/t10?,11-/m0/s1. The van der Waals surface area contributed by atoms with Crippen molar-refractivity contribution in [1.29, 1.82) is 0 Å². The summed E-state index contributed by atoms with van der Waals surface area (Å²) >= 11 is 0. The van der Waals surface area contributed by atoms with Crippen molar-refractivity contribution in [3.63, 3.8) is 0 Å². The number of carbonyl (C=O) groups is 1. The molecule has 0 aromatic rings. The van der Waals surface area contributed by atoms with Crippen molar-refractivity contribution in [2.45, 2.75) is 51.6 Å². The maximum Gasteiger partial charge on any atom is 0.236 e. The third-order valence-electron chi connectivity index (χ3n) is 3.00. The Morgan fingerprint density at radius 3 is 2.81 bits per heavy atom. The molecule has 4 nitrogen and oxygen atoms in total. The van der Waals surface area contributed by atoms with Gasteiger partial charge in [0.25, 0.3) is 0 Å². The number of amides is 1. The Balaban J connectivity index is 2.17. The van der Waals surface area contributed by atoms with E-state index in [2.05, 4.69) is 24.5 Å². The van der Waals surface area contributed by atoms with Crippen molar-refractivity contribution in [2.75, 3.05) is 13.1 Å². The highest BCUT2D eigenvalue weighted by molar-refractivity contribution is 5.81. The van der Waals surface area contributed by atoms with Crippen molar-refractivity contribution in [1.82, 2.24) is 10.6 Å². The fourth-order valence-corrected chi connectivity index (χ4v) is 2.07. The number of carbonyl (C=O) groups excluding carboxylic acids is 1. The summed E-state index contributed by atoms with van der Waals surface area (Å²) in [7, 11) is 0. The van der Waals surface area contributed by atoms with Gasteiger partial charge in [-0.15, -0.1) is 0 Å². The lowest BCUT2D eigenvalue weighted by Crippen LogP contribution is -2.48. The van der Waals surface area contributed by atoms with E-state index in [1.165, 1.54) is 12.8 Å². The smallest absolute Gasteiger partial charge is 0.236 e. The lowest BCUT2D eigenvalue weighted by atomic mass is 10.0. The zero-order valence-corrected chi connectivity index (χ0v) is 10.5. The Bertz CT molecular complexity index is 212. The quantitative estimate of drug-likeness (QED) is 0.645. The predicted molar refractivity (Wildman–Crippen MR) is 66.1 cm³/mol. The first-order valence-electron chi connectivity index (χ1n) is 6.36. The second kappa shape index (κ2) is 6.86. The van der Waals surface area contributed by atoms with Crippen LogP contribution < -0.4 is 16.4 Å². The monoisotopic (exact) mass is 227 g/mol. The van der Waals surface area contributed by atoms with Crippen LogP contribution in [0.4, 0.5) is 0 Å². The van der Waals surface area contributed by atoms with Gasteiger partial charge in [-0.05, 0) is 31.7 Å². The summed E-state index contributed by atoms with van der Waals surface area (Å²) in [4.78, 5) is 11.7. The summed E-state index contributed by atoms with van der Waals surface area (Å²) in [6.45, 7) is 5.94. The van der Waals surface area contributed by atoms with Crippen molar-refractivity contribution < 1.29 is 4.79 Å². The normalized spacial score (nSPS) is 23.1. The molecule has 4 heteroatoms. The van der Waals surface area contributed by atoms with Crippen LogP contribution in [0.1, 0.15) is 39.5 Å². The molecule has 1 saturated heterocycles. The molecule has 0 aromatic carbocycles. The van der Waals surface area contributed by atoms with Crippen LogP contribution >= 0.6 is 0 Å². The molecule has 0 saturated carbocycles.